The van der Waals surface area contributed by atoms with Crippen LogP contribution >= 0.6 is 22.6 Å². The first kappa shape index (κ1) is 50.7. The normalized spacial score (nSPS) is 15.5. The number of rotatable bonds is 31. The molecule has 0 radical (unpaired) electrons. The van der Waals surface area contributed by atoms with Gasteiger partial charge in [0, 0.05) is 17.2 Å². The summed E-state index contributed by atoms with van der Waals surface area (Å²) >= 11 is 2.53. The number of hydrogen-bond acceptors (Lipinski definition) is 7. The van der Waals surface area contributed by atoms with E-state index < -0.39 is 12.3 Å². The number of amidine groups is 2. The highest BCUT2D eigenvalue weighted by atomic mass is 127. The third kappa shape index (κ3) is 18.4. The smallest absolute Gasteiger partial charge is 0.170 e. The van der Waals surface area contributed by atoms with Gasteiger partial charge in [-0.15, -0.1) is 0 Å². The van der Waals surface area contributed by atoms with Gasteiger partial charge in [0.25, 0.3) is 0 Å². The number of aliphatic hydroxyl groups excluding tert-OH is 1. The number of aliphatic imine (C=N–C) groups is 2. The molecule has 338 valence electrons. The van der Waals surface area contributed by atoms with Crippen LogP contribution in [0.2, 0.25) is 0 Å². The van der Waals surface area contributed by atoms with Gasteiger partial charge in [-0.05, 0) is 99.2 Å². The summed E-state index contributed by atoms with van der Waals surface area (Å²) in [5.41, 5.74) is 7.16. The molecule has 0 aromatic heterocycles. The van der Waals surface area contributed by atoms with Crippen LogP contribution in [-0.2, 0) is 4.74 Å². The molecule has 0 saturated carbocycles. The second-order valence-corrected chi connectivity index (χ2v) is 19.8. The molecule has 3 atom stereocenters. The summed E-state index contributed by atoms with van der Waals surface area (Å²) in [5, 5.41) is 25.9. The van der Waals surface area contributed by atoms with Gasteiger partial charge >= 0.3 is 0 Å². The average molecular weight is 950 g/mol. The molecule has 3 aromatic rings. The molecular formula is C53H80IN3O4. The van der Waals surface area contributed by atoms with E-state index in [-0.39, 0.29) is 22.6 Å². The van der Waals surface area contributed by atoms with Gasteiger partial charge in [0.2, 0.25) is 0 Å². The third-order valence-corrected chi connectivity index (χ3v) is 13.5. The fourth-order valence-electron chi connectivity index (χ4n) is 8.37. The summed E-state index contributed by atoms with van der Waals surface area (Å²) in [4.78, 5) is 10.1. The quantitative estimate of drug-likeness (QED) is 0.0339. The standard InChI is InChI=1S/C53H80IN3O4/c1-7-9-11-13-15-17-18-20-22-24-26-34-53(54,33-25-23-21-19-16-14-12-10-8-2)61-39-44(58)38-60-45-29-32-48(49(59)37-45)52-56-50(46-30-27-40(3)35-42(46)5)55-51(57-52)47-31-28-41(4)36-43(47)6/h27-32,35-37,44,50,58-59H,7-26,33-34,38-39H2,1-6H3,(H,55,56,57). The van der Waals surface area contributed by atoms with Crippen molar-refractivity contribution in [3.05, 3.63) is 93.5 Å². The Balaban J connectivity index is 1.32. The Morgan fingerprint density at radius 3 is 1.59 bits per heavy atom. The number of aryl methyl sites for hydroxylation is 4. The van der Waals surface area contributed by atoms with Crippen LogP contribution in [-0.4, -0.2) is 44.8 Å². The Bertz CT molecular complexity index is 1790. The molecule has 3 aromatic carbocycles. The van der Waals surface area contributed by atoms with E-state index in [2.05, 4.69) is 106 Å². The fourth-order valence-corrected chi connectivity index (χ4v) is 9.31. The van der Waals surface area contributed by atoms with E-state index in [1.165, 1.54) is 127 Å². The summed E-state index contributed by atoms with van der Waals surface area (Å²) < 4.78 is 12.3. The van der Waals surface area contributed by atoms with Gasteiger partial charge in [0.1, 0.15) is 39.5 Å². The van der Waals surface area contributed by atoms with Crippen molar-refractivity contribution in [1.29, 1.82) is 0 Å². The van der Waals surface area contributed by atoms with E-state index in [4.69, 9.17) is 19.5 Å². The van der Waals surface area contributed by atoms with E-state index in [0.717, 1.165) is 47.9 Å². The number of halogens is 1. The zero-order valence-corrected chi connectivity index (χ0v) is 41.0. The van der Waals surface area contributed by atoms with Crippen LogP contribution in [0.4, 0.5) is 0 Å². The first-order valence-electron chi connectivity index (χ1n) is 24.1. The van der Waals surface area contributed by atoms with Crippen LogP contribution < -0.4 is 10.1 Å². The molecule has 1 heterocycles. The van der Waals surface area contributed by atoms with Gasteiger partial charge in [-0.2, -0.15) is 0 Å². The van der Waals surface area contributed by atoms with Gasteiger partial charge in [-0.25, -0.2) is 9.98 Å². The zero-order valence-electron chi connectivity index (χ0n) is 38.8. The predicted octanol–water partition coefficient (Wildman–Crippen LogP) is 14.6. The number of aromatic hydroxyl groups is 1. The monoisotopic (exact) mass is 950 g/mol. The Labute approximate surface area is 384 Å². The maximum atomic E-state index is 11.4. The fraction of sp³-hybridized carbons (Fsp3) is 0.623. The number of benzene rings is 3. The number of aliphatic hydroxyl groups is 1. The Kier molecular flexibility index (Phi) is 23.2. The summed E-state index contributed by atoms with van der Waals surface area (Å²) in [5.74, 6) is 1.76. The first-order chi connectivity index (χ1) is 29.5. The predicted molar refractivity (Wildman–Crippen MR) is 266 cm³/mol. The summed E-state index contributed by atoms with van der Waals surface area (Å²) in [7, 11) is 0. The Morgan fingerprint density at radius 2 is 1.08 bits per heavy atom. The minimum absolute atomic E-state index is 0.0370. The van der Waals surface area contributed by atoms with Gasteiger partial charge < -0.3 is 25.0 Å². The molecule has 1 aliphatic heterocycles. The molecule has 0 saturated heterocycles. The van der Waals surface area contributed by atoms with Crippen LogP contribution in [0.3, 0.4) is 0 Å². The lowest BCUT2D eigenvalue weighted by atomic mass is 10.0. The van der Waals surface area contributed by atoms with E-state index in [1.807, 2.05) is 12.1 Å². The number of alkyl halides is 1. The molecule has 0 spiro atoms. The van der Waals surface area contributed by atoms with Crippen molar-refractivity contribution in [2.24, 2.45) is 9.98 Å². The minimum atomic E-state index is -0.796. The van der Waals surface area contributed by atoms with E-state index in [1.54, 1.807) is 6.07 Å². The molecule has 7 nitrogen and oxygen atoms in total. The third-order valence-electron chi connectivity index (χ3n) is 12.1. The second-order valence-electron chi connectivity index (χ2n) is 17.8. The zero-order chi connectivity index (χ0) is 43.9. The van der Waals surface area contributed by atoms with Crippen LogP contribution in [0, 0.1) is 27.7 Å². The molecule has 8 heteroatoms. The molecule has 1 aliphatic rings. The number of nitrogens with zero attached hydrogens (tertiary/aromatic N) is 2. The van der Waals surface area contributed by atoms with Crippen LogP contribution in [0.25, 0.3) is 0 Å². The first-order valence-corrected chi connectivity index (χ1v) is 25.1. The lowest BCUT2D eigenvalue weighted by Gasteiger charge is -2.29. The van der Waals surface area contributed by atoms with Gasteiger partial charge in [0.05, 0.1) is 12.2 Å². The van der Waals surface area contributed by atoms with Gasteiger partial charge in [-0.3, -0.25) is 0 Å². The Morgan fingerprint density at radius 1 is 0.607 bits per heavy atom. The van der Waals surface area contributed by atoms with E-state index in [0.29, 0.717) is 23.0 Å². The van der Waals surface area contributed by atoms with Crippen LogP contribution in [0.5, 0.6) is 11.5 Å². The minimum Gasteiger partial charge on any atom is -0.507 e. The highest BCUT2D eigenvalue weighted by Gasteiger charge is 2.28. The van der Waals surface area contributed by atoms with Crippen molar-refractivity contribution in [2.45, 2.75) is 199 Å². The lowest BCUT2D eigenvalue weighted by Crippen LogP contribution is -2.36. The molecule has 3 unspecified atom stereocenters. The molecule has 3 N–H and O–H groups in total. The molecular weight excluding hydrogens is 870 g/mol. The molecule has 0 amide bonds. The Hall–Kier alpha value is -2.95. The number of phenols is 1. The largest absolute Gasteiger partial charge is 0.507 e. The van der Waals surface area contributed by atoms with Crippen LogP contribution in [0.15, 0.2) is 64.6 Å². The molecule has 0 aliphatic carbocycles. The van der Waals surface area contributed by atoms with Crippen molar-refractivity contribution in [3.63, 3.8) is 0 Å². The molecule has 0 fully saturated rings. The molecule has 0 bridgehead atoms. The number of unbranched alkanes of at least 4 members (excludes halogenated alkanes) is 18. The number of nitrogens with one attached hydrogen (secondary N) is 1. The summed E-state index contributed by atoms with van der Waals surface area (Å²) in [6.07, 6.45) is 27.1. The van der Waals surface area contributed by atoms with E-state index in [9.17, 15) is 10.2 Å². The highest BCUT2D eigenvalue weighted by Crippen LogP contribution is 2.35. The average Bonchev–Trinajstić information content (AvgIpc) is 3.23. The highest BCUT2D eigenvalue weighted by molar-refractivity contribution is 14.1. The van der Waals surface area contributed by atoms with Crippen molar-refractivity contribution >= 4 is 34.3 Å². The maximum Gasteiger partial charge on any atom is 0.170 e. The van der Waals surface area contributed by atoms with Crippen LogP contribution in [0.1, 0.15) is 200 Å². The van der Waals surface area contributed by atoms with Crippen molar-refractivity contribution in [2.75, 3.05) is 13.2 Å². The lowest BCUT2D eigenvalue weighted by molar-refractivity contribution is -0.0399. The summed E-state index contributed by atoms with van der Waals surface area (Å²) in [6, 6.07) is 17.9. The molecule has 4 rings (SSSR count). The van der Waals surface area contributed by atoms with Gasteiger partial charge in [0.15, 0.2) is 6.17 Å². The number of phenolic OH excluding ortho intramolecular Hbond substituents is 1. The van der Waals surface area contributed by atoms with Crippen molar-refractivity contribution in [3.8, 4) is 11.5 Å². The topological polar surface area (TPSA) is 95.7 Å². The second kappa shape index (κ2) is 28.0. The molecule has 61 heavy (non-hydrogen) atoms. The maximum absolute atomic E-state index is 11.4. The number of ether oxygens (including phenoxy) is 2. The summed E-state index contributed by atoms with van der Waals surface area (Å²) in [6.45, 7) is 13.2. The van der Waals surface area contributed by atoms with Crippen molar-refractivity contribution < 1.29 is 19.7 Å². The number of hydrogen-bond donors (Lipinski definition) is 3. The van der Waals surface area contributed by atoms with E-state index >= 15 is 0 Å². The SMILES string of the molecule is CCCCCCCCCCCCCC(I)(CCCCCCCCCCC)OCC(O)COc1ccc(C2=NC(c3ccc(C)cc3C)N=C(c3ccc(C)cc3C)N2)c(O)c1. The van der Waals surface area contributed by atoms with Gasteiger partial charge in [-0.1, -0.05) is 177 Å². The van der Waals surface area contributed by atoms with Crippen molar-refractivity contribution in [1.82, 2.24) is 5.32 Å².